The minimum atomic E-state index is -0.828. The van der Waals surface area contributed by atoms with Gasteiger partial charge >= 0.3 is 6.09 Å². The van der Waals surface area contributed by atoms with E-state index in [1.54, 1.807) is 0 Å². The topological polar surface area (TPSA) is 43.8 Å². The summed E-state index contributed by atoms with van der Waals surface area (Å²) in [6, 6.07) is 8.17. The first-order chi connectivity index (χ1) is 8.58. The van der Waals surface area contributed by atoms with Crippen LogP contribution in [-0.4, -0.2) is 53.7 Å². The van der Waals surface area contributed by atoms with Crippen LogP contribution in [-0.2, 0) is 6.42 Å². The number of rotatable bonds is 4. The van der Waals surface area contributed by atoms with Crippen molar-refractivity contribution in [3.8, 4) is 0 Å². The van der Waals surface area contributed by atoms with E-state index in [0.717, 1.165) is 23.6 Å². The molecular formula is C13H17ClN2O2. The molecule has 1 aromatic carbocycles. The van der Waals surface area contributed by atoms with Gasteiger partial charge in [-0.25, -0.2) is 4.79 Å². The fraction of sp³-hybridized carbons (Fsp3) is 0.462. The third-order valence-electron chi connectivity index (χ3n) is 3.45. The van der Waals surface area contributed by atoms with Crippen LogP contribution in [0.4, 0.5) is 4.79 Å². The Morgan fingerprint density at radius 2 is 2.17 bits per heavy atom. The highest BCUT2D eigenvalue weighted by molar-refractivity contribution is 6.31. The van der Waals surface area contributed by atoms with Gasteiger partial charge in [-0.3, -0.25) is 4.90 Å². The van der Waals surface area contributed by atoms with Crippen molar-refractivity contribution in [1.29, 1.82) is 0 Å². The average molecular weight is 269 g/mol. The smallest absolute Gasteiger partial charge is 0.407 e. The Balaban J connectivity index is 1.78. The van der Waals surface area contributed by atoms with Crippen LogP contribution in [0, 0.1) is 0 Å². The molecule has 2 rings (SSSR count). The zero-order valence-corrected chi connectivity index (χ0v) is 11.1. The lowest BCUT2D eigenvalue weighted by atomic mass is 10.1. The lowest BCUT2D eigenvalue weighted by molar-refractivity contribution is 0.0495. The number of likely N-dealkylation sites (tertiary alicyclic amines) is 1. The molecule has 1 fully saturated rings. The Hall–Kier alpha value is -1.26. The molecule has 18 heavy (non-hydrogen) atoms. The maximum atomic E-state index is 10.7. The lowest BCUT2D eigenvalue weighted by Gasteiger charge is -2.42. The molecule has 0 saturated carbocycles. The summed E-state index contributed by atoms with van der Waals surface area (Å²) in [4.78, 5) is 14.3. The van der Waals surface area contributed by atoms with Gasteiger partial charge in [-0.1, -0.05) is 29.8 Å². The molecule has 1 aliphatic heterocycles. The van der Waals surface area contributed by atoms with Gasteiger partial charge in [-0.05, 0) is 25.1 Å². The molecule has 1 heterocycles. The molecule has 1 aromatic rings. The number of hydrogen-bond acceptors (Lipinski definition) is 2. The van der Waals surface area contributed by atoms with E-state index in [2.05, 4.69) is 4.90 Å². The van der Waals surface area contributed by atoms with Gasteiger partial charge in [0, 0.05) is 30.7 Å². The molecule has 5 heteroatoms. The Bertz CT molecular complexity index is 433. The van der Waals surface area contributed by atoms with Crippen molar-refractivity contribution in [3.05, 3.63) is 34.9 Å². The van der Waals surface area contributed by atoms with E-state index >= 15 is 0 Å². The predicted octanol–water partition coefficient (Wildman–Crippen LogP) is 2.18. The van der Waals surface area contributed by atoms with Crippen molar-refractivity contribution in [2.75, 3.05) is 26.7 Å². The summed E-state index contributed by atoms with van der Waals surface area (Å²) in [6.07, 6.45) is 0.0606. The number of carboxylic acid groups (broad SMARTS) is 1. The highest BCUT2D eigenvalue weighted by Crippen LogP contribution is 2.18. The number of amides is 1. The van der Waals surface area contributed by atoms with E-state index in [1.165, 1.54) is 4.90 Å². The van der Waals surface area contributed by atoms with Crippen LogP contribution < -0.4 is 0 Å². The molecule has 0 aliphatic carbocycles. The zero-order valence-electron chi connectivity index (χ0n) is 10.3. The summed E-state index contributed by atoms with van der Waals surface area (Å²) in [7, 11) is 2.03. The van der Waals surface area contributed by atoms with E-state index < -0.39 is 6.09 Å². The number of halogens is 1. The Labute approximate surface area is 112 Å². The van der Waals surface area contributed by atoms with Crippen LogP contribution in [0.2, 0.25) is 5.02 Å². The third kappa shape index (κ3) is 2.94. The minimum Gasteiger partial charge on any atom is -0.465 e. The molecule has 0 unspecified atom stereocenters. The van der Waals surface area contributed by atoms with Crippen LogP contribution in [0.3, 0.4) is 0 Å². The van der Waals surface area contributed by atoms with Crippen LogP contribution in [0.25, 0.3) is 0 Å². The molecule has 1 N–H and O–H groups in total. The van der Waals surface area contributed by atoms with E-state index in [9.17, 15) is 4.79 Å². The monoisotopic (exact) mass is 268 g/mol. The first-order valence-corrected chi connectivity index (χ1v) is 6.37. The summed E-state index contributed by atoms with van der Waals surface area (Å²) >= 11 is 6.10. The van der Waals surface area contributed by atoms with Crippen molar-refractivity contribution < 1.29 is 9.90 Å². The highest BCUT2D eigenvalue weighted by atomic mass is 35.5. The fourth-order valence-electron chi connectivity index (χ4n) is 2.07. The second-order valence-electron chi connectivity index (χ2n) is 4.66. The quantitative estimate of drug-likeness (QED) is 0.910. The minimum absolute atomic E-state index is 0.337. The molecule has 4 nitrogen and oxygen atoms in total. The van der Waals surface area contributed by atoms with Gasteiger partial charge in [0.05, 0.1) is 0 Å². The van der Waals surface area contributed by atoms with Crippen molar-refractivity contribution in [3.63, 3.8) is 0 Å². The average Bonchev–Trinajstić information content (AvgIpc) is 2.25. The zero-order chi connectivity index (χ0) is 13.1. The van der Waals surface area contributed by atoms with Gasteiger partial charge in [0.25, 0.3) is 0 Å². The second kappa shape index (κ2) is 5.59. The number of likely N-dealkylation sites (N-methyl/N-ethyl adjacent to an activating group) is 1. The summed E-state index contributed by atoms with van der Waals surface area (Å²) in [6.45, 7) is 2.10. The number of carbonyl (C=O) groups is 1. The third-order valence-corrected chi connectivity index (χ3v) is 3.82. The van der Waals surface area contributed by atoms with Crippen LogP contribution >= 0.6 is 11.6 Å². The molecule has 0 aromatic heterocycles. The number of benzene rings is 1. The Morgan fingerprint density at radius 1 is 1.50 bits per heavy atom. The van der Waals surface area contributed by atoms with E-state index in [0.29, 0.717) is 19.1 Å². The van der Waals surface area contributed by atoms with Crippen molar-refractivity contribution in [2.24, 2.45) is 0 Å². The molecule has 1 aliphatic rings. The van der Waals surface area contributed by atoms with Crippen LogP contribution in [0.15, 0.2) is 24.3 Å². The van der Waals surface area contributed by atoms with E-state index in [1.807, 2.05) is 31.3 Å². The Kier molecular flexibility index (Phi) is 4.09. The van der Waals surface area contributed by atoms with Gasteiger partial charge < -0.3 is 10.0 Å². The summed E-state index contributed by atoms with van der Waals surface area (Å²) in [5.41, 5.74) is 1.14. The van der Waals surface area contributed by atoms with Crippen molar-refractivity contribution in [1.82, 2.24) is 9.80 Å². The fourth-order valence-corrected chi connectivity index (χ4v) is 2.30. The summed E-state index contributed by atoms with van der Waals surface area (Å²) < 4.78 is 0. The molecule has 98 valence electrons. The normalized spacial score (nSPS) is 15.8. The predicted molar refractivity (Wildman–Crippen MR) is 71.2 cm³/mol. The second-order valence-corrected chi connectivity index (χ2v) is 5.07. The number of hydrogen-bond donors (Lipinski definition) is 1. The first-order valence-electron chi connectivity index (χ1n) is 5.99. The molecule has 0 atom stereocenters. The molecule has 0 radical (unpaired) electrons. The van der Waals surface area contributed by atoms with Gasteiger partial charge in [0.2, 0.25) is 0 Å². The molecule has 0 spiro atoms. The number of nitrogens with zero attached hydrogens (tertiary/aromatic N) is 2. The SMILES string of the molecule is CN(CCc1ccccc1Cl)C1CN(C(=O)O)C1. The Morgan fingerprint density at radius 3 is 2.78 bits per heavy atom. The summed E-state index contributed by atoms with van der Waals surface area (Å²) in [5.74, 6) is 0. The molecular weight excluding hydrogens is 252 g/mol. The van der Waals surface area contributed by atoms with Gasteiger partial charge in [-0.15, -0.1) is 0 Å². The maximum Gasteiger partial charge on any atom is 0.407 e. The molecule has 0 bridgehead atoms. The maximum absolute atomic E-state index is 10.7. The largest absolute Gasteiger partial charge is 0.465 e. The van der Waals surface area contributed by atoms with Crippen molar-refractivity contribution in [2.45, 2.75) is 12.5 Å². The highest BCUT2D eigenvalue weighted by Gasteiger charge is 2.32. The van der Waals surface area contributed by atoms with Gasteiger partial charge in [0.1, 0.15) is 0 Å². The standard InChI is InChI=1S/C13H17ClN2O2/c1-15(11-8-16(9-11)13(17)18)7-6-10-4-2-3-5-12(10)14/h2-5,11H,6-9H2,1H3,(H,17,18). The molecule has 1 amide bonds. The lowest BCUT2D eigenvalue weighted by Crippen LogP contribution is -2.60. The first kappa shape index (κ1) is 13.2. The summed E-state index contributed by atoms with van der Waals surface area (Å²) in [5, 5.41) is 9.56. The van der Waals surface area contributed by atoms with Crippen LogP contribution in [0.5, 0.6) is 0 Å². The van der Waals surface area contributed by atoms with Gasteiger partial charge in [-0.2, -0.15) is 0 Å². The van der Waals surface area contributed by atoms with Crippen LogP contribution in [0.1, 0.15) is 5.56 Å². The van der Waals surface area contributed by atoms with Gasteiger partial charge in [0.15, 0.2) is 0 Å². The van der Waals surface area contributed by atoms with E-state index in [-0.39, 0.29) is 0 Å². The molecule has 1 saturated heterocycles. The van der Waals surface area contributed by atoms with E-state index in [4.69, 9.17) is 16.7 Å². The van der Waals surface area contributed by atoms with Crippen molar-refractivity contribution >= 4 is 17.7 Å².